The monoisotopic (exact) mass is 660 g/mol. The summed E-state index contributed by atoms with van der Waals surface area (Å²) in [5, 5.41) is 2.78. The molecule has 1 heterocycles. The number of hydrogen-bond acceptors (Lipinski definition) is 6. The van der Waals surface area contributed by atoms with Crippen molar-refractivity contribution in [3.8, 4) is 0 Å². The number of amides is 2. The minimum Gasteiger partial charge on any atom is -0.374 e. The summed E-state index contributed by atoms with van der Waals surface area (Å²) in [7, 11) is -3.85. The molecule has 1 fully saturated rings. The van der Waals surface area contributed by atoms with E-state index < -0.39 is 33.1 Å². The first-order valence-electron chi connectivity index (χ1n) is 14.4. The summed E-state index contributed by atoms with van der Waals surface area (Å²) < 4.78 is 37.0. The minimum atomic E-state index is -3.85. The lowest BCUT2D eigenvalue weighted by Gasteiger charge is -2.38. The van der Waals surface area contributed by atoms with Crippen LogP contribution in [0.1, 0.15) is 64.0 Å². The molecule has 0 saturated heterocycles. The summed E-state index contributed by atoms with van der Waals surface area (Å²) in [5.74, 6) is -0.848. The maximum atomic E-state index is 14.1. The number of ether oxygens (including phenoxy) is 1. The number of hydrogen-bond donors (Lipinski definition) is 3. The van der Waals surface area contributed by atoms with Crippen LogP contribution in [-0.4, -0.2) is 61.9 Å². The highest BCUT2D eigenvalue weighted by Crippen LogP contribution is 2.47. The molecule has 9 nitrogen and oxygen atoms in total. The van der Waals surface area contributed by atoms with Crippen LogP contribution >= 0.6 is 15.9 Å². The largest absolute Gasteiger partial charge is 0.374 e. The lowest BCUT2D eigenvalue weighted by atomic mass is 9.76. The van der Waals surface area contributed by atoms with E-state index in [0.29, 0.717) is 35.0 Å². The maximum absolute atomic E-state index is 14.1. The van der Waals surface area contributed by atoms with Gasteiger partial charge in [-0.3, -0.25) is 9.59 Å². The van der Waals surface area contributed by atoms with E-state index in [-0.39, 0.29) is 30.6 Å². The predicted molar refractivity (Wildman–Crippen MR) is 167 cm³/mol. The number of sulfonamides is 1. The first kappa shape index (κ1) is 32.3. The number of likely N-dealkylation sites (N-methyl/N-ethyl adjacent to an activating group) is 1. The standard InChI is InChI=1S/C31H41BrN4O5S/c1-4-36(28(37)26(34-29(38)30(2,3)33)21-41-20-22-13-7-5-8-14-22)19-24-27(23-15-9-10-16-25(23)32)42(39,40)35-31(24)17-11-6-12-18-31/h5,7-10,13-16,26,35H,4,6,11-12,17-21,33H2,1-3H3,(H,34,38)/t26-/m1/s1. The Kier molecular flexibility index (Phi) is 10.3. The van der Waals surface area contributed by atoms with Gasteiger partial charge in [0.2, 0.25) is 21.8 Å². The molecule has 1 saturated carbocycles. The number of rotatable bonds is 11. The molecule has 2 aromatic carbocycles. The molecule has 2 aromatic rings. The van der Waals surface area contributed by atoms with Gasteiger partial charge in [0, 0.05) is 23.1 Å². The molecule has 4 rings (SSSR count). The fraction of sp³-hybridized carbons (Fsp3) is 0.484. The SMILES string of the molecule is CCN(CC1=C(c2ccccc2Br)S(=O)(=O)NC12CCCCC2)C(=O)[C@@H](COCc1ccccc1)NC(=O)C(C)(C)N. The number of nitrogens with zero attached hydrogens (tertiary/aromatic N) is 1. The van der Waals surface area contributed by atoms with Gasteiger partial charge in [0.25, 0.3) is 0 Å². The molecule has 4 N–H and O–H groups in total. The maximum Gasteiger partial charge on any atom is 0.247 e. The van der Waals surface area contributed by atoms with Crippen LogP contribution < -0.4 is 15.8 Å². The molecule has 0 unspecified atom stereocenters. The van der Waals surface area contributed by atoms with Crippen molar-refractivity contribution in [2.45, 2.75) is 76.6 Å². The summed E-state index contributed by atoms with van der Waals surface area (Å²) in [6.45, 7) is 5.59. The van der Waals surface area contributed by atoms with Gasteiger partial charge in [-0.1, -0.05) is 83.7 Å². The average Bonchev–Trinajstić information content (AvgIpc) is 3.15. The van der Waals surface area contributed by atoms with Gasteiger partial charge >= 0.3 is 0 Å². The van der Waals surface area contributed by atoms with Crippen molar-refractivity contribution in [3.05, 3.63) is 75.8 Å². The molecule has 42 heavy (non-hydrogen) atoms. The third kappa shape index (κ3) is 7.31. The number of carbonyl (C=O) groups is 2. The smallest absolute Gasteiger partial charge is 0.247 e. The Morgan fingerprint density at radius 3 is 2.36 bits per heavy atom. The molecule has 1 aliphatic carbocycles. The zero-order valence-corrected chi connectivity index (χ0v) is 26.9. The van der Waals surface area contributed by atoms with Crippen molar-refractivity contribution in [2.75, 3.05) is 19.7 Å². The topological polar surface area (TPSA) is 131 Å². The fourth-order valence-electron chi connectivity index (χ4n) is 5.63. The van der Waals surface area contributed by atoms with Gasteiger partial charge in [0.1, 0.15) is 6.04 Å². The number of carbonyl (C=O) groups excluding carboxylic acids is 2. The lowest BCUT2D eigenvalue weighted by Crippen LogP contribution is -2.58. The Morgan fingerprint density at radius 1 is 1.10 bits per heavy atom. The number of nitrogens with one attached hydrogen (secondary N) is 2. The zero-order valence-electron chi connectivity index (χ0n) is 24.5. The quantitative estimate of drug-likeness (QED) is 0.333. The summed E-state index contributed by atoms with van der Waals surface area (Å²) in [4.78, 5) is 28.8. The summed E-state index contributed by atoms with van der Waals surface area (Å²) in [6.07, 6.45) is 4.10. The van der Waals surface area contributed by atoms with Crippen LogP contribution in [0.4, 0.5) is 0 Å². The molecule has 1 aliphatic heterocycles. The fourth-order valence-corrected chi connectivity index (χ4v) is 8.24. The number of halogens is 1. The van der Waals surface area contributed by atoms with E-state index in [0.717, 1.165) is 24.8 Å². The van der Waals surface area contributed by atoms with Gasteiger partial charge in [-0.15, -0.1) is 0 Å². The van der Waals surface area contributed by atoms with Gasteiger partial charge in [-0.25, -0.2) is 13.1 Å². The van der Waals surface area contributed by atoms with E-state index in [1.807, 2.05) is 49.4 Å². The van der Waals surface area contributed by atoms with E-state index >= 15 is 0 Å². The molecular formula is C31H41BrN4O5S. The molecular weight excluding hydrogens is 620 g/mol. The third-order valence-electron chi connectivity index (χ3n) is 7.90. The van der Waals surface area contributed by atoms with Crippen molar-refractivity contribution in [1.29, 1.82) is 0 Å². The first-order chi connectivity index (χ1) is 19.9. The summed E-state index contributed by atoms with van der Waals surface area (Å²) in [5.41, 5.74) is 6.25. The number of nitrogens with two attached hydrogens (primary N) is 1. The van der Waals surface area contributed by atoms with Gasteiger partial charge < -0.3 is 20.7 Å². The molecule has 228 valence electrons. The normalized spacial score (nSPS) is 18.6. The molecule has 1 spiro atoms. The molecule has 2 amide bonds. The Morgan fingerprint density at radius 2 is 1.74 bits per heavy atom. The first-order valence-corrected chi connectivity index (χ1v) is 16.7. The van der Waals surface area contributed by atoms with Crippen LogP contribution in [0.25, 0.3) is 4.91 Å². The second-order valence-corrected chi connectivity index (χ2v) is 14.1. The predicted octanol–water partition coefficient (Wildman–Crippen LogP) is 4.08. The molecule has 0 bridgehead atoms. The second-order valence-electron chi connectivity index (χ2n) is 11.6. The van der Waals surface area contributed by atoms with Crippen LogP contribution in [0.3, 0.4) is 0 Å². The third-order valence-corrected chi connectivity index (χ3v) is 10.3. The molecule has 0 aromatic heterocycles. The Hall–Kier alpha value is -2.57. The van der Waals surface area contributed by atoms with Gasteiger partial charge in [0.05, 0.1) is 29.2 Å². The molecule has 11 heteroatoms. The van der Waals surface area contributed by atoms with E-state index in [1.54, 1.807) is 30.9 Å². The second kappa shape index (κ2) is 13.4. The number of benzene rings is 2. The minimum absolute atomic E-state index is 0.0656. The summed E-state index contributed by atoms with van der Waals surface area (Å²) in [6, 6.07) is 15.8. The Labute approximate surface area is 257 Å². The van der Waals surface area contributed by atoms with Crippen molar-refractivity contribution in [2.24, 2.45) is 5.73 Å². The zero-order chi connectivity index (χ0) is 30.5. The van der Waals surface area contributed by atoms with Crippen LogP contribution in [0.2, 0.25) is 0 Å². The highest BCUT2D eigenvalue weighted by atomic mass is 79.9. The Bertz CT molecular complexity index is 1420. The summed E-state index contributed by atoms with van der Waals surface area (Å²) >= 11 is 3.54. The van der Waals surface area contributed by atoms with E-state index in [9.17, 15) is 18.0 Å². The van der Waals surface area contributed by atoms with Gasteiger partial charge in [0.15, 0.2) is 0 Å². The van der Waals surface area contributed by atoms with E-state index in [2.05, 4.69) is 26.0 Å². The highest BCUT2D eigenvalue weighted by molar-refractivity contribution is 9.10. The highest BCUT2D eigenvalue weighted by Gasteiger charge is 2.50. The van der Waals surface area contributed by atoms with Crippen molar-refractivity contribution in [3.63, 3.8) is 0 Å². The van der Waals surface area contributed by atoms with Crippen molar-refractivity contribution < 1.29 is 22.7 Å². The lowest BCUT2D eigenvalue weighted by molar-refractivity contribution is -0.139. The van der Waals surface area contributed by atoms with E-state index in [4.69, 9.17) is 10.5 Å². The van der Waals surface area contributed by atoms with Crippen LogP contribution in [0, 0.1) is 0 Å². The van der Waals surface area contributed by atoms with Crippen LogP contribution in [0.5, 0.6) is 0 Å². The van der Waals surface area contributed by atoms with E-state index in [1.165, 1.54) is 0 Å². The van der Waals surface area contributed by atoms with Gasteiger partial charge in [-0.2, -0.15) is 0 Å². The van der Waals surface area contributed by atoms with Gasteiger partial charge in [-0.05, 0) is 50.8 Å². The molecule has 1 atom stereocenters. The average molecular weight is 662 g/mol. The molecule has 0 radical (unpaired) electrons. The molecule has 2 aliphatic rings. The van der Waals surface area contributed by atoms with Crippen LogP contribution in [0.15, 0.2) is 64.6 Å². The van der Waals surface area contributed by atoms with Crippen molar-refractivity contribution in [1.82, 2.24) is 14.9 Å². The Balaban J connectivity index is 1.69. The van der Waals surface area contributed by atoms with Crippen LogP contribution in [-0.2, 0) is 31.0 Å². The van der Waals surface area contributed by atoms with Crippen molar-refractivity contribution >= 4 is 42.7 Å².